The zero-order valence-corrected chi connectivity index (χ0v) is 10.9. The predicted octanol–water partition coefficient (Wildman–Crippen LogP) is 3.32. The van der Waals surface area contributed by atoms with Crippen molar-refractivity contribution in [3.63, 3.8) is 0 Å². The second-order valence-corrected chi connectivity index (χ2v) is 5.25. The van der Waals surface area contributed by atoms with E-state index in [0.29, 0.717) is 0 Å². The van der Waals surface area contributed by atoms with Crippen molar-refractivity contribution in [1.82, 2.24) is 4.98 Å². The van der Waals surface area contributed by atoms with Crippen molar-refractivity contribution in [2.75, 3.05) is 13.3 Å². The highest BCUT2D eigenvalue weighted by Gasteiger charge is 2.08. The van der Waals surface area contributed by atoms with E-state index in [1.807, 2.05) is 24.5 Å². The molecule has 0 aliphatic heterocycles. The van der Waals surface area contributed by atoms with E-state index >= 15 is 0 Å². The van der Waals surface area contributed by atoms with Crippen LogP contribution in [-0.2, 0) is 0 Å². The number of aliphatic imine (C=N–C) groups is 1. The first-order valence-electron chi connectivity index (χ1n) is 4.35. The van der Waals surface area contributed by atoms with Gasteiger partial charge in [-0.1, -0.05) is 0 Å². The number of hydrogen-bond donors (Lipinski definition) is 1. The Labute approximate surface area is 102 Å². The number of aromatic nitrogens is 1. The van der Waals surface area contributed by atoms with Gasteiger partial charge in [0.15, 0.2) is 0 Å². The van der Waals surface area contributed by atoms with Gasteiger partial charge in [0, 0.05) is 11.9 Å². The minimum atomic E-state index is 0.969. The number of thioether (sulfide) groups is 1. The van der Waals surface area contributed by atoms with Gasteiger partial charge in [0.2, 0.25) is 0 Å². The van der Waals surface area contributed by atoms with E-state index < -0.39 is 0 Å². The molecule has 2 rings (SSSR count). The normalized spacial score (nSPS) is 12.3. The molecule has 1 heterocycles. The van der Waals surface area contributed by atoms with E-state index in [9.17, 15) is 0 Å². The van der Waals surface area contributed by atoms with Crippen LogP contribution in [0.4, 0.5) is 0 Å². The monoisotopic (exact) mass is 254 g/mol. The van der Waals surface area contributed by atoms with Crippen molar-refractivity contribution in [2.45, 2.75) is 4.90 Å². The lowest BCUT2D eigenvalue weighted by atomic mass is 10.3. The van der Waals surface area contributed by atoms with E-state index in [1.165, 1.54) is 0 Å². The van der Waals surface area contributed by atoms with Crippen LogP contribution in [0.25, 0.3) is 10.2 Å². The van der Waals surface area contributed by atoms with Gasteiger partial charge in [-0.15, -0.1) is 35.7 Å². The van der Waals surface area contributed by atoms with Crippen molar-refractivity contribution < 1.29 is 0 Å². The summed E-state index contributed by atoms with van der Waals surface area (Å²) in [4.78, 5) is 9.70. The number of thiazole rings is 1. The molecule has 0 bridgehead atoms. The summed E-state index contributed by atoms with van der Waals surface area (Å²) in [5.41, 5.74) is 1.02. The summed E-state index contributed by atoms with van der Waals surface area (Å²) in [5, 5.41) is 1.97. The Balaban J connectivity index is 2.56. The standard InChI is InChI=1S/C10H10N2S3/c1-11-9(14-2)10-12-7-4-3-6(13)5-8(7)15-10/h3-5,13H,1-2H3. The van der Waals surface area contributed by atoms with Crippen LogP contribution in [0, 0.1) is 0 Å². The number of thiol groups is 1. The molecule has 0 saturated carbocycles. The van der Waals surface area contributed by atoms with E-state index in [2.05, 4.69) is 22.6 Å². The quantitative estimate of drug-likeness (QED) is 0.480. The second kappa shape index (κ2) is 4.55. The Morgan fingerprint density at radius 2 is 2.33 bits per heavy atom. The summed E-state index contributed by atoms with van der Waals surface area (Å²) in [6.07, 6.45) is 2.01. The van der Waals surface area contributed by atoms with Crippen molar-refractivity contribution >= 4 is 51.0 Å². The summed E-state index contributed by atoms with van der Waals surface area (Å²) in [5.74, 6) is 0. The molecular formula is C10H10N2S3. The van der Waals surface area contributed by atoms with E-state index in [1.54, 1.807) is 30.1 Å². The first-order valence-corrected chi connectivity index (χ1v) is 6.84. The van der Waals surface area contributed by atoms with Gasteiger partial charge >= 0.3 is 0 Å². The summed E-state index contributed by atoms with van der Waals surface area (Å²) < 4.78 is 1.16. The van der Waals surface area contributed by atoms with Crippen molar-refractivity contribution in [3.8, 4) is 0 Å². The number of fused-ring (bicyclic) bond motifs is 1. The fraction of sp³-hybridized carbons (Fsp3) is 0.200. The highest BCUT2D eigenvalue weighted by molar-refractivity contribution is 8.14. The van der Waals surface area contributed by atoms with E-state index in [0.717, 1.165) is 25.2 Å². The van der Waals surface area contributed by atoms with Gasteiger partial charge in [0.25, 0.3) is 0 Å². The topological polar surface area (TPSA) is 25.2 Å². The van der Waals surface area contributed by atoms with Gasteiger partial charge in [-0.2, -0.15) is 0 Å². The highest BCUT2D eigenvalue weighted by Crippen LogP contribution is 2.26. The Morgan fingerprint density at radius 3 is 3.00 bits per heavy atom. The van der Waals surface area contributed by atoms with Crippen molar-refractivity contribution in [1.29, 1.82) is 0 Å². The maximum Gasteiger partial charge on any atom is 0.149 e. The number of hydrogen-bond acceptors (Lipinski definition) is 5. The number of nitrogens with zero attached hydrogens (tertiary/aromatic N) is 2. The van der Waals surface area contributed by atoms with Gasteiger partial charge < -0.3 is 0 Å². The van der Waals surface area contributed by atoms with Gasteiger partial charge in [-0.3, -0.25) is 4.99 Å². The van der Waals surface area contributed by atoms with Gasteiger partial charge in [-0.05, 0) is 24.5 Å². The molecule has 0 atom stereocenters. The molecule has 78 valence electrons. The Kier molecular flexibility index (Phi) is 3.33. The fourth-order valence-electron chi connectivity index (χ4n) is 1.28. The summed E-state index contributed by atoms with van der Waals surface area (Å²) in [6, 6.07) is 5.98. The van der Waals surface area contributed by atoms with E-state index in [4.69, 9.17) is 0 Å². The van der Waals surface area contributed by atoms with Crippen LogP contribution in [0.1, 0.15) is 5.01 Å². The molecule has 0 fully saturated rings. The molecule has 2 aromatic rings. The minimum absolute atomic E-state index is 0.969. The third kappa shape index (κ3) is 2.19. The molecule has 0 aliphatic carbocycles. The molecule has 2 nitrogen and oxygen atoms in total. The number of benzene rings is 1. The molecule has 0 saturated heterocycles. The van der Waals surface area contributed by atoms with Crippen LogP contribution in [0.2, 0.25) is 0 Å². The average Bonchev–Trinajstić information content (AvgIpc) is 2.62. The zero-order valence-electron chi connectivity index (χ0n) is 8.39. The van der Waals surface area contributed by atoms with Crippen LogP contribution in [0.15, 0.2) is 28.1 Å². The molecule has 0 spiro atoms. The second-order valence-electron chi connectivity index (χ2n) is 2.90. The molecule has 5 heteroatoms. The molecule has 15 heavy (non-hydrogen) atoms. The molecule has 0 radical (unpaired) electrons. The Hall–Kier alpha value is -0.520. The molecule has 0 aliphatic rings. The molecular weight excluding hydrogens is 244 g/mol. The fourth-order valence-corrected chi connectivity index (χ4v) is 3.28. The third-order valence-corrected chi connectivity index (χ3v) is 4.15. The summed E-state index contributed by atoms with van der Waals surface area (Å²) >= 11 is 7.59. The lowest BCUT2D eigenvalue weighted by molar-refractivity contribution is 1.41. The smallest absolute Gasteiger partial charge is 0.149 e. The third-order valence-electron chi connectivity index (χ3n) is 1.95. The Bertz CT molecular complexity index is 516. The lowest BCUT2D eigenvalue weighted by Gasteiger charge is -1.93. The van der Waals surface area contributed by atoms with Crippen molar-refractivity contribution in [3.05, 3.63) is 23.2 Å². The SMILES string of the molecule is CN=C(SC)c1nc2ccc(S)cc2s1. The lowest BCUT2D eigenvalue weighted by Crippen LogP contribution is -1.92. The zero-order chi connectivity index (χ0) is 10.8. The molecule has 1 aromatic heterocycles. The van der Waals surface area contributed by atoms with E-state index in [-0.39, 0.29) is 0 Å². The average molecular weight is 254 g/mol. The van der Waals surface area contributed by atoms with Gasteiger partial charge in [0.05, 0.1) is 10.2 Å². The first-order chi connectivity index (χ1) is 7.24. The van der Waals surface area contributed by atoms with Crippen LogP contribution >= 0.6 is 35.7 Å². The van der Waals surface area contributed by atoms with Crippen LogP contribution < -0.4 is 0 Å². The van der Waals surface area contributed by atoms with Crippen LogP contribution in [0.3, 0.4) is 0 Å². The van der Waals surface area contributed by atoms with Gasteiger partial charge in [-0.25, -0.2) is 4.98 Å². The van der Waals surface area contributed by atoms with Crippen LogP contribution in [0.5, 0.6) is 0 Å². The summed E-state index contributed by atoms with van der Waals surface area (Å²) in [7, 11) is 1.79. The largest absolute Gasteiger partial charge is 0.279 e. The maximum absolute atomic E-state index is 4.53. The van der Waals surface area contributed by atoms with Crippen LogP contribution in [-0.4, -0.2) is 23.3 Å². The molecule has 1 aromatic carbocycles. The van der Waals surface area contributed by atoms with Crippen molar-refractivity contribution in [2.24, 2.45) is 4.99 Å². The predicted molar refractivity (Wildman–Crippen MR) is 72.8 cm³/mol. The molecule has 0 unspecified atom stereocenters. The maximum atomic E-state index is 4.53. The summed E-state index contributed by atoms with van der Waals surface area (Å²) in [6.45, 7) is 0. The first kappa shape index (κ1) is 11.0. The molecule has 0 N–H and O–H groups in total. The molecule has 0 amide bonds. The Morgan fingerprint density at radius 1 is 1.53 bits per heavy atom. The number of rotatable bonds is 1. The van der Waals surface area contributed by atoms with Gasteiger partial charge in [0.1, 0.15) is 10.1 Å². The highest BCUT2D eigenvalue weighted by atomic mass is 32.2. The minimum Gasteiger partial charge on any atom is -0.279 e.